The topological polar surface area (TPSA) is 41.4 Å². The minimum Gasteiger partial charge on any atom is -0.336 e. The maximum Gasteiger partial charge on any atom is 0.258 e. The summed E-state index contributed by atoms with van der Waals surface area (Å²) in [5.74, 6) is -0.0313. The van der Waals surface area contributed by atoms with Crippen LogP contribution in [0.2, 0.25) is 5.15 Å². The van der Waals surface area contributed by atoms with Gasteiger partial charge in [-0.3, -0.25) is 14.4 Å². The number of benzene rings is 2. The molecule has 5 nitrogen and oxygen atoms in total. The first-order chi connectivity index (χ1) is 14.1. The van der Waals surface area contributed by atoms with Gasteiger partial charge in [-0.15, -0.1) is 0 Å². The second-order valence-corrected chi connectivity index (χ2v) is 7.78. The molecule has 0 aliphatic carbocycles. The minimum absolute atomic E-state index is 0.0313. The van der Waals surface area contributed by atoms with Crippen LogP contribution in [0, 0.1) is 6.92 Å². The highest BCUT2D eigenvalue weighted by atomic mass is 35.5. The Morgan fingerprint density at radius 2 is 1.45 bits per heavy atom. The predicted octanol–water partition coefficient (Wildman–Crippen LogP) is 3.93. The number of carbonyl (C=O) groups excluding carboxylic acids is 1. The van der Waals surface area contributed by atoms with Crippen molar-refractivity contribution < 1.29 is 4.79 Å². The van der Waals surface area contributed by atoms with Gasteiger partial charge < -0.3 is 4.90 Å². The molecule has 0 atom stereocenters. The Balaban J connectivity index is 1.53. The first-order valence-electron chi connectivity index (χ1n) is 9.88. The molecule has 0 saturated carbocycles. The van der Waals surface area contributed by atoms with E-state index in [9.17, 15) is 4.79 Å². The van der Waals surface area contributed by atoms with Gasteiger partial charge >= 0.3 is 0 Å². The summed E-state index contributed by atoms with van der Waals surface area (Å²) in [7, 11) is 1.76. The Bertz CT molecular complexity index is 939. The van der Waals surface area contributed by atoms with E-state index in [1.165, 1.54) is 11.1 Å². The molecule has 0 unspecified atom stereocenters. The fourth-order valence-electron chi connectivity index (χ4n) is 4.10. The molecular formula is C23H25ClN4O. The van der Waals surface area contributed by atoms with Crippen molar-refractivity contribution in [2.45, 2.75) is 13.0 Å². The molecule has 2 heterocycles. The van der Waals surface area contributed by atoms with Crippen LogP contribution < -0.4 is 0 Å². The Hall–Kier alpha value is -2.63. The van der Waals surface area contributed by atoms with E-state index >= 15 is 0 Å². The van der Waals surface area contributed by atoms with Gasteiger partial charge in [0.25, 0.3) is 5.91 Å². The lowest BCUT2D eigenvalue weighted by atomic mass is 9.96. The number of amides is 1. The van der Waals surface area contributed by atoms with Crippen molar-refractivity contribution in [2.75, 3.05) is 26.2 Å². The third-order valence-electron chi connectivity index (χ3n) is 5.56. The Kier molecular flexibility index (Phi) is 5.69. The number of carbonyl (C=O) groups is 1. The number of rotatable bonds is 4. The zero-order valence-electron chi connectivity index (χ0n) is 16.8. The van der Waals surface area contributed by atoms with E-state index in [1.807, 2.05) is 24.0 Å². The summed E-state index contributed by atoms with van der Waals surface area (Å²) in [6, 6.07) is 21.3. The van der Waals surface area contributed by atoms with Crippen LogP contribution in [-0.4, -0.2) is 51.7 Å². The zero-order chi connectivity index (χ0) is 20.4. The number of halogens is 1. The molecule has 0 N–H and O–H groups in total. The monoisotopic (exact) mass is 408 g/mol. The van der Waals surface area contributed by atoms with Gasteiger partial charge in [-0.25, -0.2) is 0 Å². The molecular weight excluding hydrogens is 384 g/mol. The summed E-state index contributed by atoms with van der Waals surface area (Å²) >= 11 is 6.31. The fourth-order valence-corrected chi connectivity index (χ4v) is 4.35. The lowest BCUT2D eigenvalue weighted by Gasteiger charge is -2.39. The molecule has 1 amide bonds. The van der Waals surface area contributed by atoms with Crippen molar-refractivity contribution in [2.24, 2.45) is 7.05 Å². The van der Waals surface area contributed by atoms with E-state index in [-0.39, 0.29) is 11.9 Å². The molecule has 6 heteroatoms. The summed E-state index contributed by atoms with van der Waals surface area (Å²) in [4.78, 5) is 17.4. The molecule has 3 aromatic rings. The molecule has 0 radical (unpaired) electrons. The molecule has 1 aromatic heterocycles. The predicted molar refractivity (Wildman–Crippen MR) is 115 cm³/mol. The number of nitrogens with zero attached hydrogens (tertiary/aromatic N) is 4. The fraction of sp³-hybridized carbons (Fsp3) is 0.304. The average molecular weight is 409 g/mol. The van der Waals surface area contributed by atoms with Gasteiger partial charge in [-0.2, -0.15) is 5.10 Å². The molecule has 0 bridgehead atoms. The quantitative estimate of drug-likeness (QED) is 0.656. The summed E-state index contributed by atoms with van der Waals surface area (Å²) in [5.41, 5.74) is 3.73. The van der Waals surface area contributed by atoms with Crippen molar-refractivity contribution in [1.29, 1.82) is 0 Å². The third-order valence-corrected chi connectivity index (χ3v) is 6.00. The number of hydrogen-bond donors (Lipinski definition) is 0. The second-order valence-electron chi connectivity index (χ2n) is 7.43. The van der Waals surface area contributed by atoms with E-state index in [1.54, 1.807) is 11.7 Å². The van der Waals surface area contributed by atoms with E-state index in [4.69, 9.17) is 11.6 Å². The third kappa shape index (κ3) is 3.93. The molecule has 1 fully saturated rings. The maximum absolute atomic E-state index is 13.0. The van der Waals surface area contributed by atoms with Gasteiger partial charge in [0.05, 0.1) is 17.3 Å². The maximum atomic E-state index is 13.0. The van der Waals surface area contributed by atoms with Crippen LogP contribution >= 0.6 is 11.6 Å². The van der Waals surface area contributed by atoms with Crippen LogP contribution in [0.1, 0.15) is 33.2 Å². The van der Waals surface area contributed by atoms with Gasteiger partial charge in [-0.1, -0.05) is 72.3 Å². The second kappa shape index (κ2) is 8.39. The molecule has 150 valence electrons. The van der Waals surface area contributed by atoms with Crippen LogP contribution in [0.3, 0.4) is 0 Å². The van der Waals surface area contributed by atoms with Crippen LogP contribution in [0.15, 0.2) is 60.7 Å². The number of piperazine rings is 1. The largest absolute Gasteiger partial charge is 0.336 e. The molecule has 29 heavy (non-hydrogen) atoms. The first-order valence-corrected chi connectivity index (χ1v) is 10.3. The molecule has 2 aromatic carbocycles. The summed E-state index contributed by atoms with van der Waals surface area (Å²) in [5, 5.41) is 4.68. The molecule has 1 aliphatic heterocycles. The normalized spacial score (nSPS) is 15.1. The first kappa shape index (κ1) is 19.7. The Morgan fingerprint density at radius 3 is 1.90 bits per heavy atom. The van der Waals surface area contributed by atoms with E-state index in [0.29, 0.717) is 29.5 Å². The SMILES string of the molecule is Cc1nn(C)c(Cl)c1C(=O)N1CCN(C(c2ccccc2)c2ccccc2)CC1. The van der Waals surface area contributed by atoms with Crippen molar-refractivity contribution in [3.05, 3.63) is 88.2 Å². The smallest absolute Gasteiger partial charge is 0.258 e. The summed E-state index contributed by atoms with van der Waals surface area (Å²) < 4.78 is 1.56. The van der Waals surface area contributed by atoms with E-state index in [2.05, 4.69) is 58.5 Å². The number of aromatic nitrogens is 2. The molecule has 1 saturated heterocycles. The summed E-state index contributed by atoms with van der Waals surface area (Å²) in [6.45, 7) is 4.77. The zero-order valence-corrected chi connectivity index (χ0v) is 17.5. The van der Waals surface area contributed by atoms with E-state index in [0.717, 1.165) is 13.1 Å². The van der Waals surface area contributed by atoms with Crippen LogP contribution in [-0.2, 0) is 7.05 Å². The standard InChI is InChI=1S/C23H25ClN4O/c1-17-20(22(24)26(2)25-17)23(29)28-15-13-27(14-16-28)21(18-9-5-3-6-10-18)19-11-7-4-8-12-19/h3-12,21H,13-16H2,1-2H3. The minimum atomic E-state index is -0.0313. The summed E-state index contributed by atoms with van der Waals surface area (Å²) in [6.07, 6.45) is 0. The average Bonchev–Trinajstić information content (AvgIpc) is 3.01. The molecule has 4 rings (SSSR count). The van der Waals surface area contributed by atoms with Gasteiger partial charge in [0, 0.05) is 33.2 Å². The van der Waals surface area contributed by atoms with Crippen LogP contribution in [0.25, 0.3) is 0 Å². The number of hydrogen-bond acceptors (Lipinski definition) is 3. The van der Waals surface area contributed by atoms with Crippen LogP contribution in [0.5, 0.6) is 0 Å². The highest BCUT2D eigenvalue weighted by Crippen LogP contribution is 2.30. The van der Waals surface area contributed by atoms with Gasteiger partial charge in [0.2, 0.25) is 0 Å². The highest BCUT2D eigenvalue weighted by molar-refractivity contribution is 6.33. The van der Waals surface area contributed by atoms with Crippen molar-refractivity contribution in [3.63, 3.8) is 0 Å². The van der Waals surface area contributed by atoms with Crippen molar-refractivity contribution in [3.8, 4) is 0 Å². The molecule has 0 spiro atoms. The number of aryl methyl sites for hydroxylation is 2. The van der Waals surface area contributed by atoms with Crippen molar-refractivity contribution in [1.82, 2.24) is 19.6 Å². The van der Waals surface area contributed by atoms with Crippen LogP contribution in [0.4, 0.5) is 0 Å². The van der Waals surface area contributed by atoms with Gasteiger partial charge in [0.1, 0.15) is 5.15 Å². The molecule has 1 aliphatic rings. The van der Waals surface area contributed by atoms with Crippen molar-refractivity contribution >= 4 is 17.5 Å². The van der Waals surface area contributed by atoms with Gasteiger partial charge in [0.15, 0.2) is 0 Å². The van der Waals surface area contributed by atoms with E-state index < -0.39 is 0 Å². The highest BCUT2D eigenvalue weighted by Gasteiger charge is 2.30. The van der Waals surface area contributed by atoms with Gasteiger partial charge in [-0.05, 0) is 18.1 Å². The lowest BCUT2D eigenvalue weighted by Crippen LogP contribution is -2.50. The Labute approximate surface area is 176 Å². The Morgan fingerprint density at radius 1 is 0.931 bits per heavy atom. The lowest BCUT2D eigenvalue weighted by molar-refractivity contribution is 0.0597.